The lowest BCUT2D eigenvalue weighted by Crippen LogP contribution is -2.02. The number of rotatable bonds is 3. The molecule has 0 aliphatic rings. The van der Waals surface area contributed by atoms with Crippen LogP contribution in [0, 0.1) is 10.1 Å². The number of nitrogens with zero attached hydrogens (tertiary/aromatic N) is 1. The minimum absolute atomic E-state index is 0.0715. The Hall–Kier alpha value is -1.37. The molecule has 7 heteroatoms. The van der Waals surface area contributed by atoms with E-state index >= 15 is 0 Å². The highest BCUT2D eigenvalue weighted by atomic mass is 79.9. The Morgan fingerprint density at radius 3 is 2.44 bits per heavy atom. The van der Waals surface area contributed by atoms with Crippen LogP contribution in [0.4, 0.5) is 14.5 Å². The summed E-state index contributed by atoms with van der Waals surface area (Å²) in [4.78, 5) is 20.9. The van der Waals surface area contributed by atoms with Gasteiger partial charge in [0.25, 0.3) is 12.1 Å². The molecule has 1 aromatic carbocycles. The maximum Gasteiger partial charge on any atom is 0.284 e. The van der Waals surface area contributed by atoms with E-state index < -0.39 is 28.4 Å². The molecule has 0 fully saturated rings. The summed E-state index contributed by atoms with van der Waals surface area (Å²) in [6.07, 6.45) is -2.85. The highest BCUT2D eigenvalue weighted by molar-refractivity contribution is 9.10. The van der Waals surface area contributed by atoms with E-state index in [0.29, 0.717) is 0 Å². The van der Waals surface area contributed by atoms with Crippen LogP contribution in [0.5, 0.6) is 0 Å². The molecule has 86 valence electrons. The van der Waals surface area contributed by atoms with Crippen LogP contribution in [0.3, 0.4) is 0 Å². The molecule has 0 spiro atoms. The number of benzene rings is 1. The molecule has 0 saturated carbocycles. The third-order valence-electron chi connectivity index (χ3n) is 1.93. The van der Waals surface area contributed by atoms with Crippen LogP contribution in [-0.4, -0.2) is 10.7 Å². The van der Waals surface area contributed by atoms with Crippen molar-refractivity contribution < 1.29 is 18.5 Å². The van der Waals surface area contributed by atoms with Crippen LogP contribution in [0.25, 0.3) is 0 Å². The monoisotopic (exact) mass is 293 g/mol. The maximum atomic E-state index is 12.6. The highest BCUT2D eigenvalue weighted by Crippen LogP contribution is 2.33. The largest absolute Gasteiger partial charge is 0.294 e. The average molecular weight is 294 g/mol. The van der Waals surface area contributed by atoms with Crippen molar-refractivity contribution in [2.24, 2.45) is 0 Å². The lowest BCUT2D eigenvalue weighted by molar-refractivity contribution is -0.385. The fourth-order valence-corrected chi connectivity index (χ4v) is 1.71. The molecule has 0 aromatic heterocycles. The van der Waals surface area contributed by atoms with Crippen LogP contribution < -0.4 is 0 Å². The van der Waals surface area contributed by atoms with Gasteiger partial charge in [0, 0.05) is 17.2 Å². The predicted molar refractivity (Wildman–Crippen MR) is 55.8 cm³/mol. The average Bonchev–Trinajstić information content (AvgIpc) is 2.15. The van der Waals surface area contributed by atoms with Gasteiger partial charge < -0.3 is 0 Å². The van der Waals surface area contributed by atoms with Crippen molar-refractivity contribution >= 4 is 27.4 Å². The Morgan fingerprint density at radius 1 is 1.50 bits per heavy atom. The summed E-state index contributed by atoms with van der Waals surface area (Å²) in [6, 6.07) is 1.76. The number of Topliss-reactive ketones (excluding diaryl/α,β-unsaturated/α-hetero) is 1. The Balaban J connectivity index is 3.49. The van der Waals surface area contributed by atoms with Gasteiger partial charge in [-0.2, -0.15) is 0 Å². The lowest BCUT2D eigenvalue weighted by Gasteiger charge is -2.06. The number of carbonyl (C=O) groups excluding carboxylic acids is 1. The summed E-state index contributed by atoms with van der Waals surface area (Å²) >= 11 is 2.81. The van der Waals surface area contributed by atoms with Crippen LogP contribution in [0.1, 0.15) is 29.3 Å². The predicted octanol–water partition coefficient (Wildman–Crippen LogP) is 3.50. The third kappa shape index (κ3) is 2.41. The van der Waals surface area contributed by atoms with Crippen LogP contribution in [-0.2, 0) is 0 Å². The van der Waals surface area contributed by atoms with E-state index in [2.05, 4.69) is 15.9 Å². The summed E-state index contributed by atoms with van der Waals surface area (Å²) < 4.78 is 25.0. The number of nitro groups is 1. The van der Waals surface area contributed by atoms with Gasteiger partial charge in [0.2, 0.25) is 0 Å². The first-order valence-corrected chi connectivity index (χ1v) is 4.90. The first-order valence-electron chi connectivity index (χ1n) is 4.11. The molecule has 0 amide bonds. The van der Waals surface area contributed by atoms with Crippen molar-refractivity contribution in [3.05, 3.63) is 37.8 Å². The number of alkyl halides is 2. The van der Waals surface area contributed by atoms with E-state index in [0.717, 1.165) is 19.1 Å². The zero-order valence-corrected chi connectivity index (χ0v) is 9.62. The molecule has 0 radical (unpaired) electrons. The quantitative estimate of drug-likeness (QED) is 0.487. The van der Waals surface area contributed by atoms with Crippen LogP contribution >= 0.6 is 15.9 Å². The summed E-state index contributed by atoms with van der Waals surface area (Å²) in [7, 11) is 0. The molecular formula is C9H6BrF2NO3. The fourth-order valence-electron chi connectivity index (χ4n) is 1.20. The molecule has 1 aromatic rings. The highest BCUT2D eigenvalue weighted by Gasteiger charge is 2.22. The van der Waals surface area contributed by atoms with Gasteiger partial charge in [-0.3, -0.25) is 14.9 Å². The van der Waals surface area contributed by atoms with Crippen LogP contribution in [0.15, 0.2) is 16.6 Å². The van der Waals surface area contributed by atoms with Crippen molar-refractivity contribution in [1.29, 1.82) is 0 Å². The first kappa shape index (κ1) is 12.7. The molecule has 0 aliphatic carbocycles. The van der Waals surface area contributed by atoms with Gasteiger partial charge in [-0.15, -0.1) is 0 Å². The van der Waals surface area contributed by atoms with Crippen LogP contribution in [0.2, 0.25) is 0 Å². The topological polar surface area (TPSA) is 60.2 Å². The van der Waals surface area contributed by atoms with E-state index in [1.807, 2.05) is 0 Å². The molecule has 0 atom stereocenters. The third-order valence-corrected chi connectivity index (χ3v) is 2.57. The SMILES string of the molecule is CC(=O)c1cc([N+](=O)[O-])c(Br)cc1C(F)F. The minimum Gasteiger partial charge on any atom is -0.294 e. The second-order valence-electron chi connectivity index (χ2n) is 3.00. The molecular weight excluding hydrogens is 288 g/mol. The van der Waals surface area contributed by atoms with Crippen molar-refractivity contribution in [3.8, 4) is 0 Å². The maximum absolute atomic E-state index is 12.6. The van der Waals surface area contributed by atoms with E-state index in [1.165, 1.54) is 0 Å². The zero-order chi connectivity index (χ0) is 12.5. The molecule has 0 aliphatic heterocycles. The van der Waals surface area contributed by atoms with E-state index in [9.17, 15) is 23.7 Å². The molecule has 16 heavy (non-hydrogen) atoms. The normalized spacial score (nSPS) is 10.6. The summed E-state index contributed by atoms with van der Waals surface area (Å²) in [5, 5.41) is 10.6. The summed E-state index contributed by atoms with van der Waals surface area (Å²) in [5.74, 6) is -0.633. The summed E-state index contributed by atoms with van der Waals surface area (Å²) in [5.41, 5.74) is -1.25. The fraction of sp³-hybridized carbons (Fsp3) is 0.222. The van der Waals surface area contributed by atoms with Gasteiger partial charge in [0.05, 0.1) is 9.40 Å². The smallest absolute Gasteiger partial charge is 0.284 e. The summed E-state index contributed by atoms with van der Waals surface area (Å²) in [6.45, 7) is 1.08. The van der Waals surface area contributed by atoms with Crippen molar-refractivity contribution in [2.75, 3.05) is 0 Å². The minimum atomic E-state index is -2.85. The van der Waals surface area contributed by atoms with Gasteiger partial charge in [-0.1, -0.05) is 0 Å². The Morgan fingerprint density at radius 2 is 2.06 bits per heavy atom. The van der Waals surface area contributed by atoms with Gasteiger partial charge in [0.15, 0.2) is 5.78 Å². The molecule has 0 heterocycles. The van der Waals surface area contributed by atoms with Gasteiger partial charge in [0.1, 0.15) is 0 Å². The number of nitro benzene ring substituents is 1. The van der Waals surface area contributed by atoms with E-state index in [1.54, 1.807) is 0 Å². The Kier molecular flexibility index (Phi) is 3.69. The molecule has 4 nitrogen and oxygen atoms in total. The number of carbonyl (C=O) groups is 1. The number of hydrogen-bond acceptors (Lipinski definition) is 3. The number of halogens is 3. The number of ketones is 1. The Bertz CT molecular complexity index is 462. The van der Waals surface area contributed by atoms with E-state index in [-0.39, 0.29) is 10.0 Å². The molecule has 1 rings (SSSR count). The molecule has 0 unspecified atom stereocenters. The van der Waals surface area contributed by atoms with Gasteiger partial charge >= 0.3 is 0 Å². The first-order chi connectivity index (χ1) is 7.34. The second kappa shape index (κ2) is 4.65. The standard InChI is InChI=1S/C9H6BrF2NO3/c1-4(14)5-3-8(13(15)16)7(10)2-6(5)9(11)12/h2-3,9H,1H3. The number of hydrogen-bond donors (Lipinski definition) is 0. The van der Waals surface area contributed by atoms with Gasteiger partial charge in [-0.05, 0) is 28.9 Å². The molecule has 0 bridgehead atoms. The Labute approximate surface area is 97.5 Å². The lowest BCUT2D eigenvalue weighted by atomic mass is 10.0. The van der Waals surface area contributed by atoms with Gasteiger partial charge in [-0.25, -0.2) is 8.78 Å². The molecule has 0 saturated heterocycles. The second-order valence-corrected chi connectivity index (χ2v) is 3.86. The zero-order valence-electron chi connectivity index (χ0n) is 8.04. The van der Waals surface area contributed by atoms with Crippen molar-refractivity contribution in [1.82, 2.24) is 0 Å². The van der Waals surface area contributed by atoms with E-state index in [4.69, 9.17) is 0 Å². The van der Waals surface area contributed by atoms with Crippen molar-refractivity contribution in [3.63, 3.8) is 0 Å². The molecule has 0 N–H and O–H groups in total. The van der Waals surface area contributed by atoms with Crippen molar-refractivity contribution in [2.45, 2.75) is 13.3 Å².